The number of nitrogens with zero attached hydrogens (tertiary/aromatic N) is 4. The molecule has 1 saturated heterocycles. The average molecular weight is 444 g/mol. The van der Waals surface area contributed by atoms with E-state index < -0.39 is 0 Å². The number of hydrogen-bond donors (Lipinski definition) is 2. The Bertz CT molecular complexity index is 1060. The number of anilines is 1. The minimum atomic E-state index is 0.788. The van der Waals surface area contributed by atoms with Gasteiger partial charge < -0.3 is 25.3 Å². The van der Waals surface area contributed by atoms with Crippen LogP contribution in [0.3, 0.4) is 0 Å². The summed E-state index contributed by atoms with van der Waals surface area (Å²) in [5.41, 5.74) is 11.5. The van der Waals surface area contributed by atoms with Crippen molar-refractivity contribution < 1.29 is 0 Å². The maximum atomic E-state index is 5.65. The molecule has 5 rings (SSSR count). The Morgan fingerprint density at radius 1 is 0.970 bits per heavy atom. The molecule has 6 nitrogen and oxygen atoms in total. The standard InChI is InChI=1S/C27H35N6/c1-21-20-33-24-11-5-4-10-23(24)30-27(26(33)25(21)22-8-2-3-9-22)29-13-7-15-32-18-16-31(17-19-32)14-6-12-28/h2-5,8-11,20H,6-7,12-19,28H2,1H3,(H,29,30). The first kappa shape index (κ1) is 22.6. The summed E-state index contributed by atoms with van der Waals surface area (Å²) in [5.74, 6) is 2.23. The normalized spacial score (nSPS) is 18.6. The molecule has 2 fully saturated rings. The Balaban J connectivity index is 1.28. The number of rotatable bonds is 9. The Kier molecular flexibility index (Phi) is 7.14. The highest BCUT2D eigenvalue weighted by Crippen LogP contribution is 2.39. The van der Waals surface area contributed by atoms with Crippen LogP contribution in [0.1, 0.15) is 24.0 Å². The highest BCUT2D eigenvalue weighted by Gasteiger charge is 2.26. The van der Waals surface area contributed by atoms with Crippen molar-refractivity contribution >= 4 is 22.4 Å². The van der Waals surface area contributed by atoms with Crippen LogP contribution >= 0.6 is 0 Å². The van der Waals surface area contributed by atoms with E-state index in [4.69, 9.17) is 10.7 Å². The number of fused-ring (bicyclic) bond motifs is 3. The van der Waals surface area contributed by atoms with Crippen LogP contribution < -0.4 is 11.1 Å². The topological polar surface area (TPSA) is 61.8 Å². The molecular weight excluding hydrogens is 408 g/mol. The summed E-state index contributed by atoms with van der Waals surface area (Å²) in [6.45, 7) is 10.8. The molecule has 173 valence electrons. The fourth-order valence-corrected chi connectivity index (χ4v) is 5.08. The first-order valence-electron chi connectivity index (χ1n) is 12.3. The summed E-state index contributed by atoms with van der Waals surface area (Å²) in [6.07, 6.45) is 13.0. The number of para-hydroxylation sites is 2. The van der Waals surface area contributed by atoms with E-state index in [-0.39, 0.29) is 0 Å². The highest BCUT2D eigenvalue weighted by atomic mass is 15.3. The molecule has 2 aliphatic rings. The molecule has 1 saturated carbocycles. The van der Waals surface area contributed by atoms with Gasteiger partial charge in [-0.1, -0.05) is 12.1 Å². The SMILES string of the molecule is Cc1cn2c(c(NCCCN3CCN(CCCN)CC3)nc3ccccc32)c1[C]1[CH][CH][CH][CH]1. The van der Waals surface area contributed by atoms with Gasteiger partial charge in [0.15, 0.2) is 5.82 Å². The molecule has 3 heterocycles. The van der Waals surface area contributed by atoms with Gasteiger partial charge in [0.1, 0.15) is 0 Å². The third kappa shape index (κ3) is 4.88. The van der Waals surface area contributed by atoms with Crippen molar-refractivity contribution in [3.63, 3.8) is 0 Å². The first-order chi connectivity index (χ1) is 16.2. The van der Waals surface area contributed by atoms with Gasteiger partial charge in [0.05, 0.1) is 16.6 Å². The Labute approximate surface area is 198 Å². The molecule has 1 aromatic carbocycles. The molecule has 1 aliphatic carbocycles. The molecule has 6 heteroatoms. The zero-order valence-corrected chi connectivity index (χ0v) is 19.6. The number of benzene rings is 1. The van der Waals surface area contributed by atoms with Crippen molar-refractivity contribution in [1.82, 2.24) is 19.2 Å². The zero-order chi connectivity index (χ0) is 22.6. The number of piperazine rings is 1. The molecule has 0 unspecified atom stereocenters. The Morgan fingerprint density at radius 2 is 1.67 bits per heavy atom. The average Bonchev–Trinajstić information content (AvgIpc) is 3.48. The molecule has 5 radical (unpaired) electrons. The van der Waals surface area contributed by atoms with Gasteiger partial charge in [-0.2, -0.15) is 0 Å². The van der Waals surface area contributed by atoms with E-state index >= 15 is 0 Å². The lowest BCUT2D eigenvalue weighted by molar-refractivity contribution is 0.132. The van der Waals surface area contributed by atoms with Gasteiger partial charge in [0, 0.05) is 44.8 Å². The second-order valence-electron chi connectivity index (χ2n) is 9.13. The van der Waals surface area contributed by atoms with E-state index in [1.807, 2.05) is 0 Å². The summed E-state index contributed by atoms with van der Waals surface area (Å²) in [5, 5.41) is 3.69. The Hall–Kier alpha value is -2.15. The van der Waals surface area contributed by atoms with Crippen LogP contribution in [-0.2, 0) is 0 Å². The van der Waals surface area contributed by atoms with Crippen molar-refractivity contribution in [2.75, 3.05) is 57.7 Å². The number of nitrogens with two attached hydrogens (primary N) is 1. The quantitative estimate of drug-likeness (QED) is 0.497. The number of aryl methyl sites for hydroxylation is 1. The van der Waals surface area contributed by atoms with Gasteiger partial charge in [-0.15, -0.1) is 0 Å². The predicted octanol–water partition coefficient (Wildman–Crippen LogP) is 3.32. The maximum absolute atomic E-state index is 5.65. The van der Waals surface area contributed by atoms with E-state index in [0.29, 0.717) is 0 Å². The lowest BCUT2D eigenvalue weighted by Crippen LogP contribution is -2.47. The second-order valence-corrected chi connectivity index (χ2v) is 9.13. The zero-order valence-electron chi connectivity index (χ0n) is 19.6. The number of nitrogens with one attached hydrogen (secondary N) is 1. The maximum Gasteiger partial charge on any atom is 0.151 e. The molecule has 3 N–H and O–H groups in total. The second kappa shape index (κ2) is 10.4. The molecule has 0 bridgehead atoms. The third-order valence-corrected chi connectivity index (χ3v) is 6.83. The molecule has 33 heavy (non-hydrogen) atoms. The van der Waals surface area contributed by atoms with E-state index in [1.165, 1.54) is 22.6 Å². The summed E-state index contributed by atoms with van der Waals surface area (Å²) in [4.78, 5) is 10.2. The lowest BCUT2D eigenvalue weighted by atomic mass is 9.95. The number of aromatic nitrogens is 2. The predicted molar refractivity (Wildman–Crippen MR) is 137 cm³/mol. The van der Waals surface area contributed by atoms with Crippen LogP contribution in [-0.4, -0.2) is 71.5 Å². The molecule has 2 aromatic heterocycles. The van der Waals surface area contributed by atoms with Crippen LogP contribution in [0, 0.1) is 38.5 Å². The van der Waals surface area contributed by atoms with Crippen molar-refractivity contribution in [2.45, 2.75) is 19.8 Å². The van der Waals surface area contributed by atoms with Crippen molar-refractivity contribution in [3.05, 3.63) is 73.2 Å². The molecule has 3 aromatic rings. The van der Waals surface area contributed by atoms with Crippen LogP contribution in [0.4, 0.5) is 5.82 Å². The van der Waals surface area contributed by atoms with E-state index in [9.17, 15) is 0 Å². The van der Waals surface area contributed by atoms with Crippen molar-refractivity contribution in [2.24, 2.45) is 5.73 Å². The summed E-state index contributed by atoms with van der Waals surface area (Å²) in [6, 6.07) is 8.40. The fraction of sp³-hybridized carbons (Fsp3) is 0.407. The minimum absolute atomic E-state index is 0.788. The third-order valence-electron chi connectivity index (χ3n) is 6.83. The van der Waals surface area contributed by atoms with Crippen LogP contribution in [0.15, 0.2) is 30.5 Å². The van der Waals surface area contributed by atoms with Crippen LogP contribution in [0.2, 0.25) is 0 Å². The molecule has 0 spiro atoms. The van der Waals surface area contributed by atoms with E-state index in [1.54, 1.807) is 0 Å². The van der Waals surface area contributed by atoms with Crippen molar-refractivity contribution in [1.29, 1.82) is 0 Å². The van der Waals surface area contributed by atoms with Gasteiger partial charge in [-0.3, -0.25) is 0 Å². The lowest BCUT2D eigenvalue weighted by Gasteiger charge is -2.34. The molecule has 1 aliphatic heterocycles. The largest absolute Gasteiger partial charge is 0.368 e. The van der Waals surface area contributed by atoms with E-state index in [0.717, 1.165) is 82.1 Å². The van der Waals surface area contributed by atoms with Gasteiger partial charge in [0.2, 0.25) is 0 Å². The summed E-state index contributed by atoms with van der Waals surface area (Å²) >= 11 is 0. The van der Waals surface area contributed by atoms with Gasteiger partial charge in [-0.25, -0.2) is 4.98 Å². The summed E-state index contributed by atoms with van der Waals surface area (Å²) < 4.78 is 2.31. The summed E-state index contributed by atoms with van der Waals surface area (Å²) in [7, 11) is 0. The van der Waals surface area contributed by atoms with E-state index in [2.05, 4.69) is 82.6 Å². The smallest absolute Gasteiger partial charge is 0.151 e. The van der Waals surface area contributed by atoms with Crippen LogP contribution in [0.25, 0.3) is 16.6 Å². The van der Waals surface area contributed by atoms with Gasteiger partial charge in [0.25, 0.3) is 0 Å². The Morgan fingerprint density at radius 3 is 2.39 bits per heavy atom. The fourth-order valence-electron chi connectivity index (χ4n) is 5.08. The van der Waals surface area contributed by atoms with Crippen molar-refractivity contribution in [3.8, 4) is 0 Å². The molecular formula is C27H35N6. The first-order valence-corrected chi connectivity index (χ1v) is 12.3. The van der Waals surface area contributed by atoms with Gasteiger partial charge >= 0.3 is 0 Å². The number of hydrogen-bond acceptors (Lipinski definition) is 5. The monoisotopic (exact) mass is 443 g/mol. The molecule has 0 atom stereocenters. The van der Waals surface area contributed by atoms with Gasteiger partial charge in [-0.05, 0) is 88.3 Å². The minimum Gasteiger partial charge on any atom is -0.368 e. The highest BCUT2D eigenvalue weighted by molar-refractivity contribution is 5.89. The van der Waals surface area contributed by atoms with Crippen LogP contribution in [0.5, 0.6) is 0 Å². The molecule has 0 amide bonds.